The van der Waals surface area contributed by atoms with Crippen molar-refractivity contribution < 1.29 is 5.11 Å². The first-order chi connectivity index (χ1) is 3.95. The van der Waals surface area contributed by atoms with Gasteiger partial charge >= 0.3 is 0 Å². The van der Waals surface area contributed by atoms with E-state index in [1.54, 1.807) is 13.8 Å². The molecule has 0 saturated heterocycles. The highest BCUT2D eigenvalue weighted by Gasteiger charge is 2.11. The zero-order chi connectivity index (χ0) is 7.49. The highest BCUT2D eigenvalue weighted by Crippen LogP contribution is 2.12. The van der Waals surface area contributed by atoms with Gasteiger partial charge in [-0.25, -0.2) is 0 Å². The van der Waals surface area contributed by atoms with Crippen LogP contribution in [0.3, 0.4) is 0 Å². The molecular weight excluding hydrogens is 112 g/mol. The van der Waals surface area contributed by atoms with Crippen molar-refractivity contribution in [3.63, 3.8) is 0 Å². The molecule has 52 valence electrons. The van der Waals surface area contributed by atoms with E-state index in [1.807, 2.05) is 6.92 Å². The Hall–Kier alpha value is -0.520. The third-order valence-corrected chi connectivity index (χ3v) is 1.000. The Balaban J connectivity index is 3.89. The summed E-state index contributed by atoms with van der Waals surface area (Å²) in [6.45, 7) is 8.92. The molecule has 0 radical (unpaired) electrons. The molecule has 0 rings (SSSR count). The Kier molecular flexibility index (Phi) is 2.69. The highest BCUT2D eigenvalue weighted by molar-refractivity contribution is 4.98. The minimum absolute atomic E-state index is 0.616. The lowest BCUT2D eigenvalue weighted by molar-refractivity contribution is 0.0811. The summed E-state index contributed by atoms with van der Waals surface area (Å²) in [4.78, 5) is 0. The lowest BCUT2D eigenvalue weighted by Gasteiger charge is -2.15. The van der Waals surface area contributed by atoms with E-state index in [0.29, 0.717) is 6.42 Å². The zero-order valence-corrected chi connectivity index (χ0v) is 6.36. The van der Waals surface area contributed by atoms with Crippen molar-refractivity contribution in [2.45, 2.75) is 32.8 Å². The van der Waals surface area contributed by atoms with E-state index in [1.165, 1.54) is 0 Å². The Labute approximate surface area is 56.7 Å². The van der Waals surface area contributed by atoms with E-state index >= 15 is 0 Å². The Bertz CT molecular complexity index is 133. The lowest BCUT2D eigenvalue weighted by atomic mass is 10.0. The molecule has 0 bridgehead atoms. The maximum absolute atomic E-state index is 9.23. The standard InChI is InChI=1S/C8H14O/c1-5-7(2)6-8(3,4)9/h9H,1,6H2,2-4H3. The summed E-state index contributed by atoms with van der Waals surface area (Å²) < 4.78 is 0. The molecule has 0 fully saturated rings. The maximum atomic E-state index is 9.23. The van der Waals surface area contributed by atoms with E-state index in [4.69, 9.17) is 0 Å². The first kappa shape index (κ1) is 8.48. The van der Waals surface area contributed by atoms with Gasteiger partial charge in [-0.2, -0.15) is 0 Å². The molecule has 0 aromatic heterocycles. The van der Waals surface area contributed by atoms with Crippen LogP contribution in [0, 0.1) is 0 Å². The maximum Gasteiger partial charge on any atom is 0.0634 e. The average molecular weight is 126 g/mol. The minimum atomic E-state index is -0.616. The van der Waals surface area contributed by atoms with Crippen molar-refractivity contribution >= 4 is 0 Å². The molecule has 0 aliphatic heterocycles. The largest absolute Gasteiger partial charge is 0.390 e. The summed E-state index contributed by atoms with van der Waals surface area (Å²) in [6.07, 6.45) is 0.649. The molecule has 1 N–H and O–H groups in total. The van der Waals surface area contributed by atoms with Crippen molar-refractivity contribution in [1.29, 1.82) is 0 Å². The molecule has 0 saturated carbocycles. The third-order valence-electron chi connectivity index (χ3n) is 1.000. The van der Waals surface area contributed by atoms with Crippen LogP contribution in [-0.2, 0) is 0 Å². The van der Waals surface area contributed by atoms with E-state index in [2.05, 4.69) is 12.3 Å². The van der Waals surface area contributed by atoms with E-state index in [-0.39, 0.29) is 0 Å². The molecule has 0 spiro atoms. The van der Waals surface area contributed by atoms with E-state index in [0.717, 1.165) is 5.57 Å². The smallest absolute Gasteiger partial charge is 0.0634 e. The topological polar surface area (TPSA) is 20.2 Å². The van der Waals surface area contributed by atoms with Crippen LogP contribution in [0.15, 0.2) is 17.9 Å². The fourth-order valence-corrected chi connectivity index (χ4v) is 0.711. The molecule has 0 amide bonds. The number of hydrogen-bond acceptors (Lipinski definition) is 1. The summed E-state index contributed by atoms with van der Waals surface area (Å²) in [5, 5.41) is 9.23. The summed E-state index contributed by atoms with van der Waals surface area (Å²) in [5.74, 6) is 0. The summed E-state index contributed by atoms with van der Waals surface area (Å²) >= 11 is 0. The fourth-order valence-electron chi connectivity index (χ4n) is 0.711. The van der Waals surface area contributed by atoms with Crippen LogP contribution in [0.1, 0.15) is 27.2 Å². The van der Waals surface area contributed by atoms with Gasteiger partial charge in [0.05, 0.1) is 5.60 Å². The number of aliphatic hydroxyl groups is 1. The second-order valence-electron chi connectivity index (χ2n) is 2.95. The Morgan fingerprint density at radius 3 is 2.22 bits per heavy atom. The lowest BCUT2D eigenvalue weighted by Crippen LogP contribution is -2.18. The Morgan fingerprint density at radius 1 is 1.67 bits per heavy atom. The molecule has 0 unspecified atom stereocenters. The molecule has 9 heavy (non-hydrogen) atoms. The molecule has 0 aliphatic rings. The van der Waals surface area contributed by atoms with Gasteiger partial charge in [-0.05, 0) is 26.3 Å². The summed E-state index contributed by atoms with van der Waals surface area (Å²) in [6, 6.07) is 0. The van der Waals surface area contributed by atoms with Crippen molar-refractivity contribution in [2.75, 3.05) is 0 Å². The first-order valence-corrected chi connectivity index (χ1v) is 3.03. The average Bonchev–Trinajstić information content (AvgIpc) is 1.62. The van der Waals surface area contributed by atoms with Crippen LogP contribution >= 0.6 is 0 Å². The van der Waals surface area contributed by atoms with Gasteiger partial charge < -0.3 is 5.11 Å². The zero-order valence-electron chi connectivity index (χ0n) is 6.36. The van der Waals surface area contributed by atoms with Gasteiger partial charge in [-0.15, -0.1) is 5.73 Å². The van der Waals surface area contributed by atoms with E-state index < -0.39 is 5.60 Å². The second kappa shape index (κ2) is 2.86. The molecule has 0 aromatic carbocycles. The summed E-state index contributed by atoms with van der Waals surface area (Å²) in [7, 11) is 0. The predicted molar refractivity (Wildman–Crippen MR) is 39.2 cm³/mol. The van der Waals surface area contributed by atoms with Crippen LogP contribution in [0.2, 0.25) is 0 Å². The van der Waals surface area contributed by atoms with Crippen LogP contribution < -0.4 is 0 Å². The van der Waals surface area contributed by atoms with Crippen LogP contribution in [0.5, 0.6) is 0 Å². The van der Waals surface area contributed by atoms with Gasteiger partial charge in [0.1, 0.15) is 0 Å². The molecule has 0 aliphatic carbocycles. The molecular formula is C8H14O. The normalized spacial score (nSPS) is 10.7. The van der Waals surface area contributed by atoms with Gasteiger partial charge in [0.2, 0.25) is 0 Å². The van der Waals surface area contributed by atoms with Crippen molar-refractivity contribution in [1.82, 2.24) is 0 Å². The summed E-state index contributed by atoms with van der Waals surface area (Å²) in [5.41, 5.74) is 3.11. The van der Waals surface area contributed by atoms with Gasteiger partial charge in [0.15, 0.2) is 0 Å². The highest BCUT2D eigenvalue weighted by atomic mass is 16.3. The van der Waals surface area contributed by atoms with Gasteiger partial charge in [-0.3, -0.25) is 0 Å². The third kappa shape index (κ3) is 5.35. The van der Waals surface area contributed by atoms with Crippen LogP contribution in [-0.4, -0.2) is 10.7 Å². The second-order valence-corrected chi connectivity index (χ2v) is 2.95. The van der Waals surface area contributed by atoms with Gasteiger partial charge in [0, 0.05) is 6.42 Å². The fraction of sp³-hybridized carbons (Fsp3) is 0.625. The molecule has 1 nitrogen and oxygen atoms in total. The monoisotopic (exact) mass is 126 g/mol. The first-order valence-electron chi connectivity index (χ1n) is 3.03. The molecule has 1 heteroatoms. The molecule has 0 atom stereocenters. The quantitative estimate of drug-likeness (QED) is 0.560. The van der Waals surface area contributed by atoms with Crippen molar-refractivity contribution in [3.05, 3.63) is 17.9 Å². The van der Waals surface area contributed by atoms with Crippen molar-refractivity contribution in [2.24, 2.45) is 0 Å². The van der Waals surface area contributed by atoms with Gasteiger partial charge in [0.25, 0.3) is 0 Å². The Morgan fingerprint density at radius 2 is 2.11 bits per heavy atom. The van der Waals surface area contributed by atoms with Crippen LogP contribution in [0.4, 0.5) is 0 Å². The van der Waals surface area contributed by atoms with Crippen LogP contribution in [0.25, 0.3) is 0 Å². The minimum Gasteiger partial charge on any atom is -0.390 e. The number of rotatable bonds is 2. The number of hydrogen-bond donors (Lipinski definition) is 1. The van der Waals surface area contributed by atoms with E-state index in [9.17, 15) is 5.11 Å². The van der Waals surface area contributed by atoms with Gasteiger partial charge in [-0.1, -0.05) is 6.58 Å². The van der Waals surface area contributed by atoms with Crippen molar-refractivity contribution in [3.8, 4) is 0 Å². The molecule has 0 heterocycles. The molecule has 0 aromatic rings. The predicted octanol–water partition coefficient (Wildman–Crippen LogP) is 1.88. The SMILES string of the molecule is C=C=C(C)CC(C)(C)O.